The highest BCUT2D eigenvalue weighted by atomic mass is 32.1. The molecule has 0 N–H and O–H groups in total. The molecule has 0 spiro atoms. The second-order valence-corrected chi connectivity index (χ2v) is 16.5. The Morgan fingerprint density at radius 2 is 1.51 bits per heavy atom. The van der Waals surface area contributed by atoms with E-state index in [-0.39, 0.29) is 0 Å². The van der Waals surface area contributed by atoms with Gasteiger partial charge < -0.3 is 9.47 Å². The molecule has 1 aliphatic rings. The van der Waals surface area contributed by atoms with Gasteiger partial charge in [0.25, 0.3) is 0 Å². The Balaban J connectivity index is 1.15. The van der Waals surface area contributed by atoms with Gasteiger partial charge in [-0.2, -0.15) is 0 Å². The van der Waals surface area contributed by atoms with E-state index in [4.69, 9.17) is 0 Å². The molecule has 0 saturated carbocycles. The molecule has 0 radical (unpaired) electrons. The summed E-state index contributed by atoms with van der Waals surface area (Å²) in [4.78, 5) is 3.65. The number of benzene rings is 6. The van der Waals surface area contributed by atoms with Crippen molar-refractivity contribution in [1.82, 2.24) is 4.57 Å². The van der Waals surface area contributed by atoms with Crippen LogP contribution in [0.2, 0.25) is 0 Å². The van der Waals surface area contributed by atoms with Gasteiger partial charge in [0, 0.05) is 64.5 Å². The molecule has 1 aliphatic carbocycles. The van der Waals surface area contributed by atoms with Gasteiger partial charge in [0.15, 0.2) is 0 Å². The molecule has 274 valence electrons. The lowest BCUT2D eigenvalue weighted by atomic mass is 9.99. The molecule has 57 heavy (non-hydrogen) atoms. The average Bonchev–Trinajstić information content (AvgIpc) is 3.95. The van der Waals surface area contributed by atoms with Gasteiger partial charge in [-0.3, -0.25) is 0 Å². The maximum absolute atomic E-state index is 4.39. The average molecular weight is 769 g/mol. The first kappa shape index (κ1) is 35.0. The van der Waals surface area contributed by atoms with E-state index in [0.717, 1.165) is 46.6 Å². The van der Waals surface area contributed by atoms with Crippen LogP contribution in [0.5, 0.6) is 0 Å². The Morgan fingerprint density at radius 3 is 2.32 bits per heavy atom. The number of aryl methyl sites for hydroxylation is 1. The summed E-state index contributed by atoms with van der Waals surface area (Å²) in [6.07, 6.45) is 19.9. The fraction of sp³-hybridized carbons (Fsp3) is 0.0566. The van der Waals surface area contributed by atoms with Crippen molar-refractivity contribution in [2.24, 2.45) is 0 Å². The first-order valence-corrected chi connectivity index (χ1v) is 21.2. The highest BCUT2D eigenvalue weighted by Gasteiger charge is 2.22. The first-order chi connectivity index (χ1) is 28.2. The van der Waals surface area contributed by atoms with Crippen LogP contribution in [0.4, 0.5) is 5.69 Å². The second-order valence-electron chi connectivity index (χ2n) is 14.4. The molecule has 3 aromatic heterocycles. The van der Waals surface area contributed by atoms with E-state index in [1.54, 1.807) is 0 Å². The number of fused-ring (bicyclic) bond motifs is 8. The Hall–Kier alpha value is -6.46. The molecule has 0 amide bonds. The van der Waals surface area contributed by atoms with Crippen molar-refractivity contribution in [3.8, 4) is 16.8 Å². The number of anilines is 1. The number of para-hydroxylation sites is 1. The summed E-state index contributed by atoms with van der Waals surface area (Å²) in [5.41, 5.74) is 11.8. The summed E-state index contributed by atoms with van der Waals surface area (Å²) < 4.78 is 6.35. The number of allylic oxidation sites excluding steroid dienone is 4. The van der Waals surface area contributed by atoms with Crippen molar-refractivity contribution < 1.29 is 0 Å². The highest BCUT2D eigenvalue weighted by molar-refractivity contribution is 7.26. The predicted molar refractivity (Wildman–Crippen MR) is 252 cm³/mol. The Labute approximate surface area is 341 Å². The molecule has 10 rings (SSSR count). The standard InChI is InChI=1S/C53H40N2S2/c1-3-16-38(36-17-7-5-8-18-36)35-54(39-29-27-37(28-30-39)41-23-15-24-44-42-21-11-13-25-49(42)56-52(41)44)34-33-46-47(4-2)55(40-19-9-6-10-20-40)48-32-31-45-43-22-12-14-26-50(43)57-53(45)51(46)48/h3-11,13-21,23-35H,2,12,22H2,1H3/b16-3-,34-33-,38-35+. The smallest absolute Gasteiger partial charge is 0.0555 e. The number of nitrogens with zero attached hydrogens (tertiary/aromatic N) is 2. The molecule has 0 unspecified atom stereocenters. The summed E-state index contributed by atoms with van der Waals surface area (Å²) in [6.45, 7) is 6.47. The van der Waals surface area contributed by atoms with E-state index in [9.17, 15) is 0 Å². The molecule has 3 heterocycles. The molecule has 0 fully saturated rings. The predicted octanol–water partition coefficient (Wildman–Crippen LogP) is 15.6. The lowest BCUT2D eigenvalue weighted by molar-refractivity contribution is 1.01. The van der Waals surface area contributed by atoms with Crippen LogP contribution in [0.15, 0.2) is 177 Å². The van der Waals surface area contributed by atoms with E-state index >= 15 is 0 Å². The zero-order chi connectivity index (χ0) is 38.3. The largest absolute Gasteiger partial charge is 0.323 e. The zero-order valence-corrected chi connectivity index (χ0v) is 33.4. The van der Waals surface area contributed by atoms with Gasteiger partial charge in [0.1, 0.15) is 0 Å². The molecular weight excluding hydrogens is 729 g/mol. The number of rotatable bonds is 9. The fourth-order valence-electron chi connectivity index (χ4n) is 8.40. The Bertz CT molecular complexity index is 3080. The topological polar surface area (TPSA) is 8.17 Å². The van der Waals surface area contributed by atoms with Gasteiger partial charge in [-0.15, -0.1) is 22.7 Å². The van der Waals surface area contributed by atoms with Gasteiger partial charge in [-0.1, -0.05) is 128 Å². The second kappa shape index (κ2) is 14.9. The summed E-state index contributed by atoms with van der Waals surface area (Å²) >= 11 is 3.79. The monoisotopic (exact) mass is 768 g/mol. The van der Waals surface area contributed by atoms with Crippen LogP contribution in [-0.2, 0) is 6.42 Å². The van der Waals surface area contributed by atoms with E-state index in [2.05, 4.69) is 205 Å². The van der Waals surface area contributed by atoms with E-state index < -0.39 is 0 Å². The van der Waals surface area contributed by atoms with Crippen LogP contribution in [-0.4, -0.2) is 4.57 Å². The SMILES string of the molecule is C=Cc1c(/C=C\N(/C=C(\C=C/C)c2ccccc2)c2ccc(-c3cccc4c3sc3ccccc34)cc2)c2c3sc4c(c3ccc2n1-c1ccccc1)CCC=C4. The number of aromatic nitrogens is 1. The summed E-state index contributed by atoms with van der Waals surface area (Å²) in [5.74, 6) is 0. The minimum Gasteiger partial charge on any atom is -0.323 e. The van der Waals surface area contributed by atoms with E-state index in [1.807, 2.05) is 28.7 Å². The van der Waals surface area contributed by atoms with Crippen molar-refractivity contribution in [1.29, 1.82) is 0 Å². The highest BCUT2D eigenvalue weighted by Crippen LogP contribution is 2.44. The number of hydrogen-bond acceptors (Lipinski definition) is 3. The van der Waals surface area contributed by atoms with Gasteiger partial charge in [-0.05, 0) is 108 Å². The van der Waals surface area contributed by atoms with Crippen molar-refractivity contribution in [2.75, 3.05) is 4.90 Å². The van der Waals surface area contributed by atoms with Crippen LogP contribution in [0, 0.1) is 0 Å². The van der Waals surface area contributed by atoms with Crippen LogP contribution >= 0.6 is 22.7 Å². The van der Waals surface area contributed by atoms with Crippen molar-refractivity contribution in [2.45, 2.75) is 19.8 Å². The van der Waals surface area contributed by atoms with Gasteiger partial charge >= 0.3 is 0 Å². The normalized spacial score (nSPS) is 13.2. The molecule has 2 nitrogen and oxygen atoms in total. The fourth-order valence-corrected chi connectivity index (χ4v) is 11.0. The molecule has 6 aromatic carbocycles. The molecule has 0 aliphatic heterocycles. The minimum atomic E-state index is 1.07. The van der Waals surface area contributed by atoms with Crippen molar-refractivity contribution >= 4 is 93.3 Å². The van der Waals surface area contributed by atoms with Gasteiger partial charge in [0.2, 0.25) is 0 Å². The first-order valence-electron chi connectivity index (χ1n) is 19.5. The van der Waals surface area contributed by atoms with Crippen LogP contribution < -0.4 is 4.90 Å². The molecule has 9 aromatic rings. The maximum Gasteiger partial charge on any atom is 0.0555 e. The Kier molecular flexibility index (Phi) is 9.14. The summed E-state index contributed by atoms with van der Waals surface area (Å²) in [7, 11) is 0. The third-order valence-corrected chi connectivity index (χ3v) is 13.5. The third kappa shape index (κ3) is 6.19. The molecular formula is C53H40N2S2. The maximum atomic E-state index is 4.39. The lowest BCUT2D eigenvalue weighted by Gasteiger charge is -2.19. The Morgan fingerprint density at radius 1 is 0.737 bits per heavy atom. The molecule has 0 atom stereocenters. The summed E-state index contributed by atoms with van der Waals surface area (Å²) in [6, 6.07) is 50.4. The zero-order valence-electron chi connectivity index (χ0n) is 31.7. The van der Waals surface area contributed by atoms with E-state index in [1.165, 1.54) is 62.7 Å². The summed E-state index contributed by atoms with van der Waals surface area (Å²) in [5, 5.41) is 5.26. The van der Waals surface area contributed by atoms with Crippen LogP contribution in [0.25, 0.3) is 81.8 Å². The van der Waals surface area contributed by atoms with Crippen molar-refractivity contribution in [3.05, 3.63) is 204 Å². The number of hydrogen-bond donors (Lipinski definition) is 0. The lowest BCUT2D eigenvalue weighted by Crippen LogP contribution is -2.08. The van der Waals surface area contributed by atoms with Crippen LogP contribution in [0.1, 0.15) is 40.6 Å². The quantitative estimate of drug-likeness (QED) is 0.133. The minimum absolute atomic E-state index is 1.07. The van der Waals surface area contributed by atoms with Gasteiger partial charge in [0.05, 0.1) is 11.2 Å². The number of thiophene rings is 2. The third-order valence-electron chi connectivity index (χ3n) is 11.0. The van der Waals surface area contributed by atoms with Crippen LogP contribution in [0.3, 0.4) is 0 Å². The molecule has 0 saturated heterocycles. The van der Waals surface area contributed by atoms with E-state index in [0.29, 0.717) is 0 Å². The molecule has 4 heteroatoms. The van der Waals surface area contributed by atoms with Crippen molar-refractivity contribution in [3.63, 3.8) is 0 Å². The molecule has 0 bridgehead atoms. The van der Waals surface area contributed by atoms with Gasteiger partial charge in [-0.25, -0.2) is 0 Å².